The molecule has 110 valence electrons. The van der Waals surface area contributed by atoms with Crippen LogP contribution in [0.25, 0.3) is 0 Å². The van der Waals surface area contributed by atoms with Crippen LogP contribution in [0.3, 0.4) is 0 Å². The summed E-state index contributed by atoms with van der Waals surface area (Å²) < 4.78 is 0. The minimum absolute atomic E-state index is 0.179. The van der Waals surface area contributed by atoms with Gasteiger partial charge in [-0.25, -0.2) is 4.79 Å². The molecule has 0 atom stereocenters. The number of aromatic nitrogens is 1. The standard InChI is InChI=1S/C14H23N5O/c1-10(2)18-14(19-13(15)20)17-9-5-7-12-11(3)6-4-8-16-12/h4,6,8,10H,5,7,9H2,1-3H3,(H4,15,17,18,19,20). The summed E-state index contributed by atoms with van der Waals surface area (Å²) in [7, 11) is 0. The van der Waals surface area contributed by atoms with Crippen molar-refractivity contribution in [2.45, 2.75) is 39.7 Å². The van der Waals surface area contributed by atoms with Crippen molar-refractivity contribution >= 4 is 12.0 Å². The Balaban J connectivity index is 2.47. The molecule has 0 unspecified atom stereocenters. The Morgan fingerprint density at radius 1 is 1.50 bits per heavy atom. The summed E-state index contributed by atoms with van der Waals surface area (Å²) in [6.45, 7) is 6.59. The monoisotopic (exact) mass is 277 g/mol. The van der Waals surface area contributed by atoms with Gasteiger partial charge >= 0.3 is 6.03 Å². The average Bonchev–Trinajstić information content (AvgIpc) is 2.35. The van der Waals surface area contributed by atoms with Gasteiger partial charge in [0.15, 0.2) is 5.96 Å². The number of guanidine groups is 1. The number of carbonyl (C=O) groups excluding carboxylic acids is 1. The van der Waals surface area contributed by atoms with Gasteiger partial charge in [0.1, 0.15) is 0 Å². The fourth-order valence-electron chi connectivity index (χ4n) is 1.73. The van der Waals surface area contributed by atoms with E-state index in [0.29, 0.717) is 12.5 Å². The van der Waals surface area contributed by atoms with Gasteiger partial charge in [-0.1, -0.05) is 6.07 Å². The Morgan fingerprint density at radius 2 is 2.25 bits per heavy atom. The fraction of sp³-hybridized carbons (Fsp3) is 0.500. The lowest BCUT2D eigenvalue weighted by atomic mass is 10.1. The smallest absolute Gasteiger partial charge is 0.318 e. The maximum absolute atomic E-state index is 10.9. The lowest BCUT2D eigenvalue weighted by Crippen LogP contribution is -2.46. The highest BCUT2D eigenvalue weighted by molar-refractivity contribution is 5.95. The molecule has 0 aliphatic heterocycles. The fourth-order valence-corrected chi connectivity index (χ4v) is 1.73. The molecule has 1 aromatic rings. The number of carbonyl (C=O) groups is 1. The molecule has 0 spiro atoms. The molecule has 1 rings (SSSR count). The van der Waals surface area contributed by atoms with E-state index < -0.39 is 6.03 Å². The zero-order valence-corrected chi connectivity index (χ0v) is 12.3. The molecule has 1 heterocycles. The number of aliphatic imine (C=N–C) groups is 1. The van der Waals surface area contributed by atoms with Crippen molar-refractivity contribution in [2.24, 2.45) is 10.7 Å². The van der Waals surface area contributed by atoms with Crippen LogP contribution in [0.1, 0.15) is 31.5 Å². The van der Waals surface area contributed by atoms with Crippen LogP contribution in [-0.2, 0) is 6.42 Å². The summed E-state index contributed by atoms with van der Waals surface area (Å²) >= 11 is 0. The molecule has 1 aromatic heterocycles. The number of rotatable bonds is 5. The Bertz CT molecular complexity index is 470. The zero-order valence-electron chi connectivity index (χ0n) is 12.3. The lowest BCUT2D eigenvalue weighted by Gasteiger charge is -2.12. The number of hydrogen-bond donors (Lipinski definition) is 3. The third-order valence-corrected chi connectivity index (χ3v) is 2.63. The quantitative estimate of drug-likeness (QED) is 0.431. The van der Waals surface area contributed by atoms with Crippen LogP contribution in [0.5, 0.6) is 0 Å². The Labute approximate surface area is 119 Å². The van der Waals surface area contributed by atoms with Gasteiger partial charge in [0, 0.05) is 24.5 Å². The number of nitrogens with two attached hydrogens (primary N) is 1. The van der Waals surface area contributed by atoms with Gasteiger partial charge in [0.05, 0.1) is 0 Å². The topological polar surface area (TPSA) is 92.4 Å². The molecule has 0 bridgehead atoms. The van der Waals surface area contributed by atoms with Gasteiger partial charge in [-0.2, -0.15) is 0 Å². The number of nitrogens with one attached hydrogen (secondary N) is 2. The van der Waals surface area contributed by atoms with Crippen LogP contribution in [0.4, 0.5) is 4.79 Å². The molecule has 2 amide bonds. The second kappa shape index (κ2) is 8.14. The Morgan fingerprint density at radius 3 is 2.85 bits per heavy atom. The van der Waals surface area contributed by atoms with Crippen molar-refractivity contribution in [2.75, 3.05) is 6.54 Å². The molecule has 20 heavy (non-hydrogen) atoms. The molecule has 0 aliphatic rings. The number of aryl methyl sites for hydroxylation is 2. The first-order valence-electron chi connectivity index (χ1n) is 6.77. The molecule has 6 heteroatoms. The molecule has 0 aromatic carbocycles. The van der Waals surface area contributed by atoms with Crippen molar-refractivity contribution in [3.63, 3.8) is 0 Å². The van der Waals surface area contributed by atoms with E-state index in [1.807, 2.05) is 32.9 Å². The highest BCUT2D eigenvalue weighted by atomic mass is 16.2. The average molecular weight is 277 g/mol. The van der Waals surface area contributed by atoms with E-state index in [-0.39, 0.29) is 6.04 Å². The van der Waals surface area contributed by atoms with Crippen LogP contribution in [0, 0.1) is 6.92 Å². The van der Waals surface area contributed by atoms with Crippen molar-refractivity contribution in [1.82, 2.24) is 15.6 Å². The molecule has 0 saturated heterocycles. The normalized spacial score (nSPS) is 11.5. The van der Waals surface area contributed by atoms with E-state index in [2.05, 4.69) is 20.6 Å². The molecule has 0 aliphatic carbocycles. The second-order valence-electron chi connectivity index (χ2n) is 4.89. The zero-order chi connectivity index (χ0) is 15.0. The third-order valence-electron chi connectivity index (χ3n) is 2.63. The summed E-state index contributed by atoms with van der Waals surface area (Å²) in [4.78, 5) is 19.5. The maximum Gasteiger partial charge on any atom is 0.318 e. The highest BCUT2D eigenvalue weighted by Gasteiger charge is 2.03. The van der Waals surface area contributed by atoms with Crippen molar-refractivity contribution in [3.05, 3.63) is 29.6 Å². The number of hydrogen-bond acceptors (Lipinski definition) is 3. The summed E-state index contributed by atoms with van der Waals surface area (Å²) in [5.41, 5.74) is 7.38. The summed E-state index contributed by atoms with van der Waals surface area (Å²) in [6.07, 6.45) is 3.52. The van der Waals surface area contributed by atoms with E-state index in [1.54, 1.807) is 6.20 Å². The summed E-state index contributed by atoms with van der Waals surface area (Å²) in [5.74, 6) is 0.422. The largest absolute Gasteiger partial charge is 0.354 e. The van der Waals surface area contributed by atoms with Crippen molar-refractivity contribution in [3.8, 4) is 0 Å². The third kappa shape index (κ3) is 6.17. The van der Waals surface area contributed by atoms with Crippen LogP contribution in [-0.4, -0.2) is 29.6 Å². The van der Waals surface area contributed by atoms with Gasteiger partial charge < -0.3 is 11.1 Å². The van der Waals surface area contributed by atoms with E-state index in [0.717, 1.165) is 18.5 Å². The van der Waals surface area contributed by atoms with Gasteiger partial charge in [-0.3, -0.25) is 15.3 Å². The van der Waals surface area contributed by atoms with Crippen LogP contribution in [0.15, 0.2) is 23.3 Å². The first-order chi connectivity index (χ1) is 9.49. The van der Waals surface area contributed by atoms with Crippen LogP contribution < -0.4 is 16.4 Å². The molecule has 0 saturated carbocycles. The van der Waals surface area contributed by atoms with Crippen molar-refractivity contribution in [1.29, 1.82) is 0 Å². The SMILES string of the molecule is Cc1cccnc1CCCN=C(NC(N)=O)NC(C)C. The first kappa shape index (κ1) is 15.9. The molecular formula is C14H23N5O. The van der Waals surface area contributed by atoms with E-state index in [4.69, 9.17) is 5.73 Å². The lowest BCUT2D eigenvalue weighted by molar-refractivity contribution is 0.252. The molecule has 0 radical (unpaired) electrons. The maximum atomic E-state index is 10.9. The second-order valence-corrected chi connectivity index (χ2v) is 4.89. The van der Waals surface area contributed by atoms with E-state index >= 15 is 0 Å². The summed E-state index contributed by atoms with van der Waals surface area (Å²) in [6, 6.07) is 3.54. The number of primary amides is 1. The minimum atomic E-state index is -0.613. The predicted molar refractivity (Wildman–Crippen MR) is 80.6 cm³/mol. The summed E-state index contributed by atoms with van der Waals surface area (Å²) in [5, 5.41) is 5.53. The van der Waals surface area contributed by atoms with Gasteiger partial charge in [0.25, 0.3) is 0 Å². The van der Waals surface area contributed by atoms with Crippen molar-refractivity contribution < 1.29 is 4.79 Å². The van der Waals surface area contributed by atoms with Crippen LogP contribution in [0.2, 0.25) is 0 Å². The van der Waals surface area contributed by atoms with E-state index in [9.17, 15) is 4.79 Å². The van der Waals surface area contributed by atoms with Gasteiger partial charge in [-0.15, -0.1) is 0 Å². The molecule has 0 fully saturated rings. The molecule has 6 nitrogen and oxygen atoms in total. The Hall–Kier alpha value is -2.11. The van der Waals surface area contributed by atoms with Gasteiger partial charge in [0.2, 0.25) is 0 Å². The minimum Gasteiger partial charge on any atom is -0.354 e. The number of pyridine rings is 1. The number of nitrogens with zero attached hydrogens (tertiary/aromatic N) is 2. The number of urea groups is 1. The predicted octanol–water partition coefficient (Wildman–Crippen LogP) is 1.34. The molecular weight excluding hydrogens is 254 g/mol. The van der Waals surface area contributed by atoms with E-state index in [1.165, 1.54) is 5.56 Å². The first-order valence-corrected chi connectivity index (χ1v) is 6.77. The molecule has 4 N–H and O–H groups in total. The van der Waals surface area contributed by atoms with Gasteiger partial charge in [-0.05, 0) is 45.2 Å². The highest BCUT2D eigenvalue weighted by Crippen LogP contribution is 2.05. The van der Waals surface area contributed by atoms with Crippen LogP contribution >= 0.6 is 0 Å². The Kier molecular flexibility index (Phi) is 6.49. The number of amides is 2.